The Morgan fingerprint density at radius 2 is 2.17 bits per heavy atom. The smallest absolute Gasteiger partial charge is 0.255 e. The van der Waals surface area contributed by atoms with E-state index in [1.54, 1.807) is 10.9 Å². The fourth-order valence-corrected chi connectivity index (χ4v) is 3.17. The summed E-state index contributed by atoms with van der Waals surface area (Å²) in [6.45, 7) is 5.18. The maximum absolute atomic E-state index is 12.8. The van der Waals surface area contributed by atoms with Crippen molar-refractivity contribution in [3.63, 3.8) is 0 Å². The Kier molecular flexibility index (Phi) is 4.45. The molecule has 2 aromatic heterocycles. The van der Waals surface area contributed by atoms with E-state index in [4.69, 9.17) is 0 Å². The lowest BCUT2D eigenvalue weighted by Gasteiger charge is -2.20. The van der Waals surface area contributed by atoms with E-state index >= 15 is 0 Å². The summed E-state index contributed by atoms with van der Waals surface area (Å²) in [5, 5.41) is 11.6. The molecule has 1 atom stereocenters. The van der Waals surface area contributed by atoms with Gasteiger partial charge < -0.3 is 5.32 Å². The van der Waals surface area contributed by atoms with Gasteiger partial charge in [0.25, 0.3) is 5.91 Å². The van der Waals surface area contributed by atoms with Crippen LogP contribution in [0.3, 0.4) is 0 Å². The van der Waals surface area contributed by atoms with Gasteiger partial charge in [0, 0.05) is 13.6 Å². The summed E-state index contributed by atoms with van der Waals surface area (Å²) in [6.07, 6.45) is 7.20. The summed E-state index contributed by atoms with van der Waals surface area (Å²) in [7, 11) is 1.85. The average Bonchev–Trinajstić information content (AvgIpc) is 3.12. The second-order valence-corrected chi connectivity index (χ2v) is 6.58. The number of amides is 1. The number of nitrogens with one attached hydrogen (secondary N) is 1. The molecule has 7 heteroatoms. The van der Waals surface area contributed by atoms with E-state index in [1.807, 2.05) is 11.7 Å². The van der Waals surface area contributed by atoms with Gasteiger partial charge in [-0.05, 0) is 31.6 Å². The fourth-order valence-electron chi connectivity index (χ4n) is 3.17. The summed E-state index contributed by atoms with van der Waals surface area (Å²) in [4.78, 5) is 17.1. The Morgan fingerprint density at radius 1 is 1.35 bits per heavy atom. The number of carbonyl (C=O) groups is 1. The lowest BCUT2D eigenvalue weighted by molar-refractivity contribution is 0.0927. The minimum absolute atomic E-state index is 0.0678. The van der Waals surface area contributed by atoms with Crippen LogP contribution >= 0.6 is 0 Å². The van der Waals surface area contributed by atoms with E-state index in [-0.39, 0.29) is 11.9 Å². The zero-order valence-electron chi connectivity index (χ0n) is 14.0. The molecule has 0 aromatic carbocycles. The summed E-state index contributed by atoms with van der Waals surface area (Å²) in [5.41, 5.74) is 1.75. The molecule has 0 radical (unpaired) electrons. The van der Waals surface area contributed by atoms with Gasteiger partial charge in [-0.1, -0.05) is 13.8 Å². The van der Waals surface area contributed by atoms with E-state index in [0.717, 1.165) is 43.7 Å². The molecule has 0 spiro atoms. The second kappa shape index (κ2) is 6.52. The largest absolute Gasteiger partial charge is 0.342 e. The monoisotopic (exact) mass is 316 g/mol. The van der Waals surface area contributed by atoms with Crippen molar-refractivity contribution in [2.24, 2.45) is 13.0 Å². The van der Waals surface area contributed by atoms with Crippen LogP contribution in [0.25, 0.3) is 0 Å². The van der Waals surface area contributed by atoms with Crippen molar-refractivity contribution in [3.05, 3.63) is 29.6 Å². The van der Waals surface area contributed by atoms with Crippen molar-refractivity contribution in [3.8, 4) is 0 Å². The maximum atomic E-state index is 12.8. The number of carbonyl (C=O) groups excluding carboxylic acids is 1. The first-order valence-electron chi connectivity index (χ1n) is 8.25. The molecule has 0 aliphatic carbocycles. The molecule has 0 fully saturated rings. The summed E-state index contributed by atoms with van der Waals surface area (Å²) in [6, 6.07) is -0.144. The molecular formula is C16H24N6O. The highest BCUT2D eigenvalue weighted by Crippen LogP contribution is 2.22. The van der Waals surface area contributed by atoms with E-state index < -0.39 is 0 Å². The summed E-state index contributed by atoms with van der Waals surface area (Å²) in [5.74, 6) is 1.16. The molecule has 1 amide bonds. The van der Waals surface area contributed by atoms with Crippen LogP contribution in [0.15, 0.2) is 12.5 Å². The molecule has 1 N–H and O–H groups in total. The van der Waals surface area contributed by atoms with Crippen molar-refractivity contribution in [2.75, 3.05) is 0 Å². The third kappa shape index (κ3) is 3.28. The second-order valence-electron chi connectivity index (χ2n) is 6.58. The van der Waals surface area contributed by atoms with Crippen LogP contribution in [0.4, 0.5) is 0 Å². The van der Waals surface area contributed by atoms with Crippen LogP contribution < -0.4 is 5.32 Å². The minimum Gasteiger partial charge on any atom is -0.342 e. The minimum atomic E-state index is -0.144. The maximum Gasteiger partial charge on any atom is 0.255 e. The van der Waals surface area contributed by atoms with Gasteiger partial charge >= 0.3 is 0 Å². The number of rotatable bonds is 5. The molecule has 3 rings (SSSR count). The molecule has 3 heterocycles. The lowest BCUT2D eigenvalue weighted by atomic mass is 10.0. The first kappa shape index (κ1) is 15.7. The van der Waals surface area contributed by atoms with Gasteiger partial charge in [-0.15, -0.1) is 0 Å². The zero-order valence-corrected chi connectivity index (χ0v) is 14.0. The van der Waals surface area contributed by atoms with Gasteiger partial charge in [0.05, 0.1) is 23.5 Å². The highest BCUT2D eigenvalue weighted by atomic mass is 16.1. The number of hydrogen-bond acceptors (Lipinski definition) is 4. The molecule has 1 aliphatic heterocycles. The summed E-state index contributed by atoms with van der Waals surface area (Å²) < 4.78 is 3.68. The topological polar surface area (TPSA) is 77.6 Å². The third-order valence-corrected chi connectivity index (χ3v) is 4.30. The third-order valence-electron chi connectivity index (χ3n) is 4.30. The lowest BCUT2D eigenvalue weighted by Crippen LogP contribution is -2.32. The van der Waals surface area contributed by atoms with Crippen molar-refractivity contribution in [2.45, 2.75) is 52.1 Å². The van der Waals surface area contributed by atoms with Crippen LogP contribution in [-0.4, -0.2) is 30.5 Å². The number of nitrogens with zero attached hydrogens (tertiary/aromatic N) is 5. The van der Waals surface area contributed by atoms with E-state index in [9.17, 15) is 4.79 Å². The SMILES string of the molecule is CC(C)C[C@@H](NC(=O)c1cnn2c1CCCC2)c1ncnn1C. The van der Waals surface area contributed by atoms with E-state index in [0.29, 0.717) is 11.5 Å². The van der Waals surface area contributed by atoms with Crippen molar-refractivity contribution < 1.29 is 4.79 Å². The Labute approximate surface area is 136 Å². The van der Waals surface area contributed by atoms with Crippen molar-refractivity contribution in [1.82, 2.24) is 29.9 Å². The van der Waals surface area contributed by atoms with E-state index in [1.165, 1.54) is 6.33 Å². The molecule has 1 aliphatic rings. The van der Waals surface area contributed by atoms with E-state index in [2.05, 4.69) is 34.3 Å². The standard InChI is InChI=1S/C16H24N6O/c1-11(2)8-13(15-17-10-19-21(15)3)20-16(23)12-9-18-22-7-5-4-6-14(12)22/h9-11,13H,4-8H2,1-3H3,(H,20,23)/t13-/m1/s1. The first-order valence-corrected chi connectivity index (χ1v) is 8.25. The van der Waals surface area contributed by atoms with Crippen LogP contribution in [0.1, 0.15) is 61.0 Å². The molecule has 2 aromatic rings. The Balaban J connectivity index is 1.81. The number of fused-ring (bicyclic) bond motifs is 1. The Bertz CT molecular complexity index is 687. The van der Waals surface area contributed by atoms with Crippen molar-refractivity contribution in [1.29, 1.82) is 0 Å². The van der Waals surface area contributed by atoms with Gasteiger partial charge in [-0.2, -0.15) is 10.2 Å². The Hall–Kier alpha value is -2.18. The molecule has 0 bridgehead atoms. The molecule has 0 saturated carbocycles. The molecule has 0 unspecified atom stereocenters. The average molecular weight is 316 g/mol. The Morgan fingerprint density at radius 3 is 2.87 bits per heavy atom. The molecule has 23 heavy (non-hydrogen) atoms. The highest BCUT2D eigenvalue weighted by Gasteiger charge is 2.25. The molecular weight excluding hydrogens is 292 g/mol. The normalized spacial score (nSPS) is 15.5. The summed E-state index contributed by atoms with van der Waals surface area (Å²) >= 11 is 0. The molecule has 124 valence electrons. The molecule has 7 nitrogen and oxygen atoms in total. The van der Waals surface area contributed by atoms with Crippen LogP contribution in [0, 0.1) is 5.92 Å². The van der Waals surface area contributed by atoms with Gasteiger partial charge in [0.1, 0.15) is 12.2 Å². The predicted octanol–water partition coefficient (Wildman–Crippen LogP) is 1.87. The van der Waals surface area contributed by atoms with Crippen molar-refractivity contribution >= 4 is 5.91 Å². The first-order chi connectivity index (χ1) is 11.1. The van der Waals surface area contributed by atoms with Gasteiger partial charge in [0.15, 0.2) is 0 Å². The quantitative estimate of drug-likeness (QED) is 0.913. The van der Waals surface area contributed by atoms with Gasteiger partial charge in [-0.25, -0.2) is 4.98 Å². The number of aryl methyl sites for hydroxylation is 2. The van der Waals surface area contributed by atoms with Crippen LogP contribution in [0.2, 0.25) is 0 Å². The predicted molar refractivity (Wildman–Crippen MR) is 85.8 cm³/mol. The van der Waals surface area contributed by atoms with Gasteiger partial charge in [0.2, 0.25) is 0 Å². The molecule has 0 saturated heterocycles. The van der Waals surface area contributed by atoms with Gasteiger partial charge in [-0.3, -0.25) is 14.2 Å². The number of aromatic nitrogens is 5. The van der Waals surface area contributed by atoms with Crippen LogP contribution in [-0.2, 0) is 20.0 Å². The highest BCUT2D eigenvalue weighted by molar-refractivity contribution is 5.95. The van der Waals surface area contributed by atoms with Crippen LogP contribution in [0.5, 0.6) is 0 Å². The number of hydrogen-bond donors (Lipinski definition) is 1. The fraction of sp³-hybridized carbons (Fsp3) is 0.625. The zero-order chi connectivity index (χ0) is 16.4.